The third-order valence-corrected chi connectivity index (χ3v) is 4.08. The number of rotatable bonds is 4. The van der Waals surface area contributed by atoms with Crippen LogP contribution < -0.4 is 5.32 Å². The van der Waals surface area contributed by atoms with Crippen LogP contribution in [0.2, 0.25) is 0 Å². The van der Waals surface area contributed by atoms with E-state index in [-0.39, 0.29) is 11.8 Å². The number of hydrogen-bond acceptors (Lipinski definition) is 2. The van der Waals surface area contributed by atoms with Crippen LogP contribution in [0.15, 0.2) is 28.7 Å². The Bertz CT molecular complexity index is 472. The quantitative estimate of drug-likeness (QED) is 0.894. The number of carbonyl (C=O) groups is 2. The molecule has 102 valence electrons. The Balaban J connectivity index is 1.90. The third kappa shape index (κ3) is 3.56. The van der Waals surface area contributed by atoms with Crippen molar-refractivity contribution in [3.8, 4) is 0 Å². The first-order valence-electron chi connectivity index (χ1n) is 6.33. The van der Waals surface area contributed by atoms with Crippen molar-refractivity contribution in [3.63, 3.8) is 0 Å². The molecular weight excluding hydrogens is 310 g/mol. The zero-order valence-corrected chi connectivity index (χ0v) is 12.0. The number of carboxylic acids is 1. The summed E-state index contributed by atoms with van der Waals surface area (Å²) in [6.07, 6.45) is 2.09. The highest BCUT2D eigenvalue weighted by molar-refractivity contribution is 9.10. The summed E-state index contributed by atoms with van der Waals surface area (Å²) in [5, 5.41) is 11.9. The zero-order valence-electron chi connectivity index (χ0n) is 10.4. The van der Waals surface area contributed by atoms with E-state index in [4.69, 9.17) is 5.11 Å². The molecule has 2 atom stereocenters. The van der Waals surface area contributed by atoms with Crippen molar-refractivity contribution >= 4 is 27.8 Å². The van der Waals surface area contributed by atoms with Crippen molar-refractivity contribution in [2.24, 2.45) is 11.8 Å². The number of hydrogen-bond donors (Lipinski definition) is 2. The summed E-state index contributed by atoms with van der Waals surface area (Å²) in [6, 6.07) is 7.68. The highest BCUT2D eigenvalue weighted by atomic mass is 79.9. The van der Waals surface area contributed by atoms with Crippen LogP contribution in [0.4, 0.5) is 0 Å². The van der Waals surface area contributed by atoms with E-state index in [0.717, 1.165) is 16.5 Å². The molecule has 0 heterocycles. The van der Waals surface area contributed by atoms with Gasteiger partial charge < -0.3 is 10.4 Å². The fraction of sp³-hybridized carbons (Fsp3) is 0.429. The number of carboxylic acid groups (broad SMARTS) is 1. The number of amides is 1. The Hall–Kier alpha value is -1.36. The molecule has 0 radical (unpaired) electrons. The number of benzene rings is 1. The Morgan fingerprint density at radius 1 is 1.21 bits per heavy atom. The third-order valence-electron chi connectivity index (χ3n) is 3.55. The van der Waals surface area contributed by atoms with Gasteiger partial charge in [0.2, 0.25) is 5.91 Å². The predicted molar refractivity (Wildman–Crippen MR) is 74.5 cm³/mol. The molecule has 1 amide bonds. The van der Waals surface area contributed by atoms with Crippen LogP contribution in [-0.4, -0.2) is 17.0 Å². The van der Waals surface area contributed by atoms with Crippen LogP contribution in [-0.2, 0) is 16.1 Å². The minimum absolute atomic E-state index is 0.146. The SMILES string of the molecule is O=C(O)C1CCCC1C(=O)NCc1ccc(Br)cc1. The largest absolute Gasteiger partial charge is 0.481 e. The molecule has 1 aromatic rings. The molecule has 4 nitrogen and oxygen atoms in total. The maximum atomic E-state index is 12.0. The minimum atomic E-state index is -0.860. The lowest BCUT2D eigenvalue weighted by molar-refractivity contribution is -0.146. The first-order valence-corrected chi connectivity index (χ1v) is 7.12. The Labute approximate surface area is 120 Å². The van der Waals surface area contributed by atoms with Gasteiger partial charge in [0, 0.05) is 11.0 Å². The molecule has 0 aromatic heterocycles. The Morgan fingerprint density at radius 3 is 2.47 bits per heavy atom. The first-order chi connectivity index (χ1) is 9.08. The summed E-state index contributed by atoms with van der Waals surface area (Å²) in [5.41, 5.74) is 1.00. The molecule has 1 fully saturated rings. The van der Waals surface area contributed by atoms with Crippen molar-refractivity contribution < 1.29 is 14.7 Å². The molecule has 19 heavy (non-hydrogen) atoms. The van der Waals surface area contributed by atoms with E-state index in [1.165, 1.54) is 0 Å². The summed E-state index contributed by atoms with van der Waals surface area (Å²) in [7, 11) is 0. The number of halogens is 1. The lowest BCUT2D eigenvalue weighted by Gasteiger charge is -2.15. The fourth-order valence-corrected chi connectivity index (χ4v) is 2.76. The summed E-state index contributed by atoms with van der Waals surface area (Å²) in [5.74, 6) is -1.91. The highest BCUT2D eigenvalue weighted by Crippen LogP contribution is 2.32. The van der Waals surface area contributed by atoms with Gasteiger partial charge in [-0.1, -0.05) is 34.5 Å². The first kappa shape index (κ1) is 14.1. The highest BCUT2D eigenvalue weighted by Gasteiger charge is 2.37. The van der Waals surface area contributed by atoms with Crippen LogP contribution >= 0.6 is 15.9 Å². The van der Waals surface area contributed by atoms with Gasteiger partial charge in [-0.25, -0.2) is 0 Å². The van der Waals surface area contributed by atoms with Gasteiger partial charge in [-0.3, -0.25) is 9.59 Å². The second kappa shape index (κ2) is 6.19. The molecule has 1 aromatic carbocycles. The summed E-state index contributed by atoms with van der Waals surface area (Å²) >= 11 is 3.35. The summed E-state index contributed by atoms with van der Waals surface area (Å²) in [4.78, 5) is 23.1. The molecular formula is C14H16BrNO3. The lowest BCUT2D eigenvalue weighted by Crippen LogP contribution is -2.34. The lowest BCUT2D eigenvalue weighted by atomic mass is 9.95. The molecule has 1 saturated carbocycles. The zero-order chi connectivity index (χ0) is 13.8. The van der Waals surface area contributed by atoms with Crippen molar-refractivity contribution in [2.75, 3.05) is 0 Å². The summed E-state index contributed by atoms with van der Waals surface area (Å²) in [6.45, 7) is 0.439. The van der Waals surface area contributed by atoms with Gasteiger partial charge >= 0.3 is 5.97 Å². The Morgan fingerprint density at radius 2 is 1.84 bits per heavy atom. The van der Waals surface area contributed by atoms with E-state index in [0.29, 0.717) is 19.4 Å². The van der Waals surface area contributed by atoms with Crippen LogP contribution in [0.1, 0.15) is 24.8 Å². The second-order valence-electron chi connectivity index (χ2n) is 4.83. The monoisotopic (exact) mass is 325 g/mol. The van der Waals surface area contributed by atoms with Crippen molar-refractivity contribution in [1.29, 1.82) is 0 Å². The van der Waals surface area contributed by atoms with Gasteiger partial charge in [0.05, 0.1) is 11.8 Å². The number of aliphatic carboxylic acids is 1. The van der Waals surface area contributed by atoms with E-state index < -0.39 is 11.9 Å². The molecule has 0 saturated heterocycles. The van der Waals surface area contributed by atoms with Crippen LogP contribution in [0.5, 0.6) is 0 Å². The molecule has 1 aliphatic rings. The Kier molecular flexibility index (Phi) is 4.58. The maximum Gasteiger partial charge on any atom is 0.307 e. The average Bonchev–Trinajstić information content (AvgIpc) is 2.87. The molecule has 0 bridgehead atoms. The molecule has 2 rings (SSSR count). The van der Waals surface area contributed by atoms with Crippen molar-refractivity contribution in [3.05, 3.63) is 34.3 Å². The molecule has 5 heteroatoms. The molecule has 2 N–H and O–H groups in total. The van der Waals surface area contributed by atoms with Gasteiger partial charge in [0.15, 0.2) is 0 Å². The second-order valence-corrected chi connectivity index (χ2v) is 5.74. The van der Waals surface area contributed by atoms with E-state index in [1.807, 2.05) is 24.3 Å². The van der Waals surface area contributed by atoms with Gasteiger partial charge in [0.25, 0.3) is 0 Å². The molecule has 2 unspecified atom stereocenters. The summed E-state index contributed by atoms with van der Waals surface area (Å²) < 4.78 is 0.990. The topological polar surface area (TPSA) is 66.4 Å². The normalized spacial score (nSPS) is 22.2. The fourth-order valence-electron chi connectivity index (χ4n) is 2.49. The van der Waals surface area contributed by atoms with Gasteiger partial charge in [-0.2, -0.15) is 0 Å². The maximum absolute atomic E-state index is 12.0. The van der Waals surface area contributed by atoms with Crippen molar-refractivity contribution in [1.82, 2.24) is 5.32 Å². The van der Waals surface area contributed by atoms with Crippen LogP contribution in [0.25, 0.3) is 0 Å². The number of nitrogens with one attached hydrogen (secondary N) is 1. The average molecular weight is 326 g/mol. The smallest absolute Gasteiger partial charge is 0.307 e. The molecule has 0 spiro atoms. The van der Waals surface area contributed by atoms with Gasteiger partial charge in [-0.15, -0.1) is 0 Å². The standard InChI is InChI=1S/C14H16BrNO3/c15-10-6-4-9(5-7-10)8-16-13(17)11-2-1-3-12(11)14(18)19/h4-7,11-12H,1-3,8H2,(H,16,17)(H,18,19). The van der Waals surface area contributed by atoms with E-state index in [9.17, 15) is 9.59 Å². The van der Waals surface area contributed by atoms with Gasteiger partial charge in [0.1, 0.15) is 0 Å². The minimum Gasteiger partial charge on any atom is -0.481 e. The molecule has 0 aliphatic heterocycles. The molecule has 1 aliphatic carbocycles. The number of carbonyl (C=O) groups excluding carboxylic acids is 1. The van der Waals surface area contributed by atoms with E-state index >= 15 is 0 Å². The van der Waals surface area contributed by atoms with E-state index in [2.05, 4.69) is 21.2 Å². The van der Waals surface area contributed by atoms with Gasteiger partial charge in [-0.05, 0) is 30.5 Å². The van der Waals surface area contributed by atoms with Crippen molar-refractivity contribution in [2.45, 2.75) is 25.8 Å². The van der Waals surface area contributed by atoms with Crippen LogP contribution in [0.3, 0.4) is 0 Å². The predicted octanol–water partition coefficient (Wildman–Crippen LogP) is 2.57. The van der Waals surface area contributed by atoms with Crippen LogP contribution in [0, 0.1) is 11.8 Å². The van der Waals surface area contributed by atoms with E-state index in [1.54, 1.807) is 0 Å².